The molecule has 1 saturated heterocycles. The van der Waals surface area contributed by atoms with Crippen molar-refractivity contribution < 1.29 is 0 Å². The molecule has 0 bridgehead atoms. The van der Waals surface area contributed by atoms with Gasteiger partial charge in [0.25, 0.3) is 0 Å². The molecule has 1 fully saturated rings. The van der Waals surface area contributed by atoms with E-state index in [0.29, 0.717) is 5.92 Å². The Morgan fingerprint density at radius 2 is 2.21 bits per heavy atom. The molecular weight excluding hydrogens is 306 g/mol. The molecule has 0 N–H and O–H groups in total. The van der Waals surface area contributed by atoms with Crippen LogP contribution in [0, 0.1) is 5.92 Å². The first-order valence-corrected chi connectivity index (χ1v) is 7.27. The SMILES string of the molecule is CCc1cc(N2CC(Cn3cc(Br)cn3)C2)ncn1. The maximum Gasteiger partial charge on any atom is 0.132 e. The molecule has 0 atom stereocenters. The molecule has 2 aromatic rings. The minimum atomic E-state index is 0.645. The van der Waals surface area contributed by atoms with E-state index in [0.717, 1.165) is 42.0 Å². The van der Waals surface area contributed by atoms with Crippen LogP contribution >= 0.6 is 15.9 Å². The maximum atomic E-state index is 4.34. The fourth-order valence-corrected chi connectivity index (χ4v) is 2.66. The average molecular weight is 322 g/mol. The van der Waals surface area contributed by atoms with Crippen molar-refractivity contribution >= 4 is 21.7 Å². The summed E-state index contributed by atoms with van der Waals surface area (Å²) in [4.78, 5) is 10.9. The van der Waals surface area contributed by atoms with E-state index in [1.54, 1.807) is 6.33 Å². The second-order valence-corrected chi connectivity index (χ2v) is 5.79. The van der Waals surface area contributed by atoms with Crippen LogP contribution in [-0.2, 0) is 13.0 Å². The van der Waals surface area contributed by atoms with E-state index in [9.17, 15) is 0 Å². The van der Waals surface area contributed by atoms with Crippen molar-refractivity contribution in [2.45, 2.75) is 19.9 Å². The van der Waals surface area contributed by atoms with Crippen LogP contribution in [0.1, 0.15) is 12.6 Å². The average Bonchev–Trinajstić information content (AvgIpc) is 2.79. The molecular formula is C13H16BrN5. The van der Waals surface area contributed by atoms with Gasteiger partial charge in [-0.15, -0.1) is 0 Å². The third-order valence-electron chi connectivity index (χ3n) is 3.40. The molecule has 0 saturated carbocycles. The first kappa shape index (κ1) is 12.6. The number of halogens is 1. The van der Waals surface area contributed by atoms with Crippen molar-refractivity contribution in [3.63, 3.8) is 0 Å². The zero-order chi connectivity index (χ0) is 13.2. The molecule has 0 radical (unpaired) electrons. The van der Waals surface area contributed by atoms with Gasteiger partial charge < -0.3 is 4.90 Å². The predicted octanol–water partition coefficient (Wildman–Crippen LogP) is 2.13. The first-order chi connectivity index (χ1) is 9.24. The zero-order valence-electron chi connectivity index (χ0n) is 10.8. The largest absolute Gasteiger partial charge is 0.356 e. The number of hydrogen-bond donors (Lipinski definition) is 0. The van der Waals surface area contributed by atoms with Crippen molar-refractivity contribution in [1.29, 1.82) is 0 Å². The topological polar surface area (TPSA) is 46.8 Å². The van der Waals surface area contributed by atoms with Crippen molar-refractivity contribution in [1.82, 2.24) is 19.7 Å². The van der Waals surface area contributed by atoms with Gasteiger partial charge in [-0.25, -0.2) is 9.97 Å². The fourth-order valence-electron chi connectivity index (χ4n) is 2.33. The Bertz CT molecular complexity index is 562. The Labute approximate surface area is 120 Å². The predicted molar refractivity (Wildman–Crippen MR) is 77.0 cm³/mol. The molecule has 6 heteroatoms. The molecule has 0 aliphatic carbocycles. The summed E-state index contributed by atoms with van der Waals surface area (Å²) in [6, 6.07) is 2.08. The Kier molecular flexibility index (Phi) is 3.50. The number of anilines is 1. The van der Waals surface area contributed by atoms with Crippen LogP contribution in [0.4, 0.5) is 5.82 Å². The van der Waals surface area contributed by atoms with Crippen molar-refractivity contribution in [2.24, 2.45) is 5.92 Å². The molecule has 0 aromatic carbocycles. The number of aryl methyl sites for hydroxylation is 1. The Balaban J connectivity index is 1.57. The summed E-state index contributed by atoms with van der Waals surface area (Å²) >= 11 is 3.42. The van der Waals surface area contributed by atoms with Gasteiger partial charge in [-0.1, -0.05) is 6.92 Å². The van der Waals surface area contributed by atoms with Crippen LogP contribution in [0.3, 0.4) is 0 Å². The molecule has 5 nitrogen and oxygen atoms in total. The van der Waals surface area contributed by atoms with E-state index in [-0.39, 0.29) is 0 Å². The summed E-state index contributed by atoms with van der Waals surface area (Å²) in [7, 11) is 0. The van der Waals surface area contributed by atoms with Gasteiger partial charge in [0.15, 0.2) is 0 Å². The fraction of sp³-hybridized carbons (Fsp3) is 0.462. The number of hydrogen-bond acceptors (Lipinski definition) is 4. The van der Waals surface area contributed by atoms with Crippen LogP contribution < -0.4 is 4.90 Å². The van der Waals surface area contributed by atoms with E-state index in [1.165, 1.54) is 0 Å². The lowest BCUT2D eigenvalue weighted by Gasteiger charge is -2.40. The minimum absolute atomic E-state index is 0.645. The second-order valence-electron chi connectivity index (χ2n) is 4.87. The summed E-state index contributed by atoms with van der Waals surface area (Å²) < 4.78 is 3.02. The van der Waals surface area contributed by atoms with E-state index in [4.69, 9.17) is 0 Å². The number of aromatic nitrogens is 4. The smallest absolute Gasteiger partial charge is 0.132 e. The molecule has 3 heterocycles. The molecule has 2 aromatic heterocycles. The highest BCUT2D eigenvalue weighted by Crippen LogP contribution is 2.24. The van der Waals surface area contributed by atoms with Crippen LogP contribution in [0.15, 0.2) is 29.3 Å². The van der Waals surface area contributed by atoms with Crippen molar-refractivity contribution in [2.75, 3.05) is 18.0 Å². The van der Waals surface area contributed by atoms with Crippen LogP contribution in [-0.4, -0.2) is 32.8 Å². The van der Waals surface area contributed by atoms with Gasteiger partial charge in [0.05, 0.1) is 10.7 Å². The third kappa shape index (κ3) is 2.78. The second kappa shape index (κ2) is 5.28. The molecule has 19 heavy (non-hydrogen) atoms. The normalized spacial score (nSPS) is 15.6. The Morgan fingerprint density at radius 3 is 2.89 bits per heavy atom. The van der Waals surface area contributed by atoms with E-state index >= 15 is 0 Å². The van der Waals surface area contributed by atoms with Gasteiger partial charge in [0.2, 0.25) is 0 Å². The van der Waals surface area contributed by atoms with Gasteiger partial charge in [0.1, 0.15) is 12.1 Å². The monoisotopic (exact) mass is 321 g/mol. The maximum absolute atomic E-state index is 4.34. The van der Waals surface area contributed by atoms with Crippen molar-refractivity contribution in [3.05, 3.63) is 35.0 Å². The van der Waals surface area contributed by atoms with Crippen molar-refractivity contribution in [3.8, 4) is 0 Å². The van der Waals surface area contributed by atoms with E-state index < -0.39 is 0 Å². The summed E-state index contributed by atoms with van der Waals surface area (Å²) in [5.41, 5.74) is 1.10. The molecule has 0 spiro atoms. The van der Waals surface area contributed by atoms with Crippen LogP contribution in [0.25, 0.3) is 0 Å². The Morgan fingerprint density at radius 1 is 1.37 bits per heavy atom. The quantitative estimate of drug-likeness (QED) is 0.865. The molecule has 0 unspecified atom stereocenters. The highest BCUT2D eigenvalue weighted by atomic mass is 79.9. The van der Waals surface area contributed by atoms with Gasteiger partial charge in [-0.2, -0.15) is 5.10 Å². The summed E-state index contributed by atoms with van der Waals surface area (Å²) in [5.74, 6) is 1.69. The van der Waals surface area contributed by atoms with Gasteiger partial charge in [-0.3, -0.25) is 4.68 Å². The Hall–Kier alpha value is -1.43. The highest BCUT2D eigenvalue weighted by molar-refractivity contribution is 9.10. The highest BCUT2D eigenvalue weighted by Gasteiger charge is 2.28. The number of nitrogens with zero attached hydrogens (tertiary/aromatic N) is 5. The standard InChI is InChI=1S/C13H16BrN5/c1-2-12-3-13(16-9-15-12)18-5-10(6-18)7-19-8-11(14)4-17-19/h3-4,8-10H,2,5-7H2,1H3. The van der Waals surface area contributed by atoms with Gasteiger partial charge in [-0.05, 0) is 22.4 Å². The molecule has 0 amide bonds. The van der Waals surface area contributed by atoms with Crippen LogP contribution in [0.2, 0.25) is 0 Å². The van der Waals surface area contributed by atoms with Gasteiger partial charge in [0, 0.05) is 43.5 Å². The lowest BCUT2D eigenvalue weighted by molar-refractivity contribution is 0.340. The lowest BCUT2D eigenvalue weighted by Crippen LogP contribution is -2.49. The zero-order valence-corrected chi connectivity index (χ0v) is 12.4. The molecule has 1 aliphatic heterocycles. The lowest BCUT2D eigenvalue weighted by atomic mass is 10.0. The number of rotatable bonds is 4. The van der Waals surface area contributed by atoms with Gasteiger partial charge >= 0.3 is 0 Å². The van der Waals surface area contributed by atoms with Crippen LogP contribution in [0.5, 0.6) is 0 Å². The van der Waals surface area contributed by atoms with E-state index in [2.05, 4.69) is 48.9 Å². The minimum Gasteiger partial charge on any atom is -0.356 e. The third-order valence-corrected chi connectivity index (χ3v) is 3.81. The molecule has 100 valence electrons. The molecule has 1 aliphatic rings. The van der Waals surface area contributed by atoms with E-state index in [1.807, 2.05) is 17.1 Å². The first-order valence-electron chi connectivity index (χ1n) is 6.48. The summed E-state index contributed by atoms with van der Waals surface area (Å²) in [5, 5.41) is 4.29. The molecule has 3 rings (SSSR count). The summed E-state index contributed by atoms with van der Waals surface area (Å²) in [6.07, 6.45) is 6.46. The summed E-state index contributed by atoms with van der Waals surface area (Å²) in [6.45, 7) is 5.16.